The molecule has 1 N–H and O–H groups in total. The zero-order valence-electron chi connectivity index (χ0n) is 10.2. The van der Waals surface area contributed by atoms with Crippen molar-refractivity contribution in [3.05, 3.63) is 51.2 Å². The minimum Gasteiger partial charge on any atom is -0.311 e. The van der Waals surface area contributed by atoms with Crippen molar-refractivity contribution in [1.29, 1.82) is 0 Å². The van der Waals surface area contributed by atoms with Gasteiger partial charge < -0.3 is 5.32 Å². The molecule has 2 aromatic rings. The largest absolute Gasteiger partial charge is 0.311 e. The number of hydrogen-bond acceptors (Lipinski definition) is 2. The topological polar surface area (TPSA) is 29.9 Å². The zero-order chi connectivity index (χ0) is 13.0. The van der Waals surface area contributed by atoms with Crippen LogP contribution >= 0.6 is 27.5 Å². The van der Waals surface area contributed by atoms with E-state index in [1.165, 1.54) is 0 Å². The minimum absolute atomic E-state index is 0.693. The fourth-order valence-electron chi connectivity index (χ4n) is 1.66. The Morgan fingerprint density at radius 2 is 2.22 bits per heavy atom. The van der Waals surface area contributed by atoms with Crippen molar-refractivity contribution < 1.29 is 0 Å². The average molecular weight is 329 g/mol. The molecular formula is C13H15BrClN3. The summed E-state index contributed by atoms with van der Waals surface area (Å²) in [6.07, 6.45) is 1.98. The van der Waals surface area contributed by atoms with Crippen LogP contribution in [0.5, 0.6) is 0 Å². The van der Waals surface area contributed by atoms with Gasteiger partial charge in [-0.2, -0.15) is 5.10 Å². The molecule has 3 nitrogen and oxygen atoms in total. The number of halogens is 2. The van der Waals surface area contributed by atoms with Gasteiger partial charge in [0.2, 0.25) is 0 Å². The van der Waals surface area contributed by atoms with Crippen LogP contribution in [0.25, 0.3) is 0 Å². The number of nitrogens with zero attached hydrogens (tertiary/aromatic N) is 2. The van der Waals surface area contributed by atoms with E-state index in [-0.39, 0.29) is 0 Å². The SMILES string of the molecule is CCNCc1ccn(Cc2ccc(Br)cc2Cl)n1. The van der Waals surface area contributed by atoms with Gasteiger partial charge in [-0.05, 0) is 30.3 Å². The second-order valence-electron chi connectivity index (χ2n) is 4.02. The smallest absolute Gasteiger partial charge is 0.0762 e. The molecule has 0 fully saturated rings. The van der Waals surface area contributed by atoms with Crippen molar-refractivity contribution >= 4 is 27.5 Å². The number of rotatable bonds is 5. The minimum atomic E-state index is 0.693. The van der Waals surface area contributed by atoms with Gasteiger partial charge in [0.25, 0.3) is 0 Å². The Hall–Kier alpha value is -0.840. The monoisotopic (exact) mass is 327 g/mol. The van der Waals surface area contributed by atoms with Crippen molar-refractivity contribution in [3.63, 3.8) is 0 Å². The van der Waals surface area contributed by atoms with Crippen molar-refractivity contribution in [2.24, 2.45) is 0 Å². The Morgan fingerprint density at radius 1 is 1.39 bits per heavy atom. The molecule has 2 rings (SSSR count). The molecular weight excluding hydrogens is 314 g/mol. The molecule has 0 aliphatic rings. The molecule has 1 aromatic heterocycles. The van der Waals surface area contributed by atoms with Crippen LogP contribution in [-0.4, -0.2) is 16.3 Å². The standard InChI is InChI=1S/C13H15BrClN3/c1-2-16-8-12-5-6-18(17-12)9-10-3-4-11(14)7-13(10)15/h3-7,16H,2,8-9H2,1H3. The van der Waals surface area contributed by atoms with Crippen LogP contribution in [0.4, 0.5) is 0 Å². The fourth-order valence-corrected chi connectivity index (χ4v) is 2.40. The molecule has 0 unspecified atom stereocenters. The molecule has 0 bridgehead atoms. The van der Waals surface area contributed by atoms with Gasteiger partial charge in [-0.25, -0.2) is 0 Å². The summed E-state index contributed by atoms with van der Waals surface area (Å²) in [5, 5.41) is 8.50. The van der Waals surface area contributed by atoms with E-state index in [1.54, 1.807) is 0 Å². The molecule has 0 atom stereocenters. The molecule has 0 aliphatic heterocycles. The molecule has 0 saturated heterocycles. The van der Waals surface area contributed by atoms with Crippen LogP contribution in [0.15, 0.2) is 34.9 Å². The molecule has 0 saturated carbocycles. The predicted molar refractivity (Wildman–Crippen MR) is 77.9 cm³/mol. The number of benzene rings is 1. The summed E-state index contributed by atoms with van der Waals surface area (Å²) >= 11 is 9.59. The van der Waals surface area contributed by atoms with Gasteiger partial charge >= 0.3 is 0 Å². The normalized spacial score (nSPS) is 10.8. The van der Waals surface area contributed by atoms with Gasteiger partial charge in [-0.1, -0.05) is 40.5 Å². The maximum atomic E-state index is 6.19. The molecule has 0 aliphatic carbocycles. The summed E-state index contributed by atoms with van der Waals surface area (Å²) in [5.41, 5.74) is 2.11. The lowest BCUT2D eigenvalue weighted by molar-refractivity contribution is 0.644. The van der Waals surface area contributed by atoms with Gasteiger partial charge in [0.15, 0.2) is 0 Å². The maximum Gasteiger partial charge on any atom is 0.0762 e. The second kappa shape index (κ2) is 6.36. The van der Waals surface area contributed by atoms with Crippen molar-refractivity contribution in [1.82, 2.24) is 15.1 Å². The van der Waals surface area contributed by atoms with Gasteiger partial charge in [-0.15, -0.1) is 0 Å². The first-order valence-electron chi connectivity index (χ1n) is 5.86. The quantitative estimate of drug-likeness (QED) is 0.911. The van der Waals surface area contributed by atoms with Crippen LogP contribution in [0.1, 0.15) is 18.2 Å². The highest BCUT2D eigenvalue weighted by molar-refractivity contribution is 9.10. The first kappa shape index (κ1) is 13.6. The number of aromatic nitrogens is 2. The van der Waals surface area contributed by atoms with Crippen molar-refractivity contribution in [2.45, 2.75) is 20.0 Å². The lowest BCUT2D eigenvalue weighted by atomic mass is 10.2. The predicted octanol–water partition coefficient (Wildman–Crippen LogP) is 3.46. The van der Waals surface area contributed by atoms with E-state index in [4.69, 9.17) is 11.6 Å². The van der Waals surface area contributed by atoms with Gasteiger partial charge in [0, 0.05) is 22.2 Å². The highest BCUT2D eigenvalue weighted by Gasteiger charge is 2.04. The summed E-state index contributed by atoms with van der Waals surface area (Å²) in [5.74, 6) is 0. The molecule has 0 radical (unpaired) electrons. The summed E-state index contributed by atoms with van der Waals surface area (Å²) in [6.45, 7) is 4.53. The van der Waals surface area contributed by atoms with E-state index in [0.717, 1.165) is 33.8 Å². The first-order chi connectivity index (χ1) is 8.69. The lowest BCUT2D eigenvalue weighted by Gasteiger charge is -2.05. The second-order valence-corrected chi connectivity index (χ2v) is 5.34. The Labute approximate surface area is 120 Å². The van der Waals surface area contributed by atoms with Crippen molar-refractivity contribution in [2.75, 3.05) is 6.54 Å². The Balaban J connectivity index is 2.06. The number of hydrogen-bond donors (Lipinski definition) is 1. The van der Waals surface area contributed by atoms with Gasteiger partial charge in [0.05, 0.1) is 12.2 Å². The van der Waals surface area contributed by atoms with Gasteiger partial charge in [0.1, 0.15) is 0 Å². The Morgan fingerprint density at radius 3 is 2.94 bits per heavy atom. The van der Waals surface area contributed by atoms with Gasteiger partial charge in [-0.3, -0.25) is 4.68 Å². The van der Waals surface area contributed by atoms with Crippen LogP contribution in [-0.2, 0) is 13.1 Å². The third-order valence-electron chi connectivity index (χ3n) is 2.60. The Kier molecular flexibility index (Phi) is 4.80. The third kappa shape index (κ3) is 3.57. The van der Waals surface area contributed by atoms with E-state index in [1.807, 2.05) is 35.1 Å². The van der Waals surface area contributed by atoms with E-state index < -0.39 is 0 Å². The molecule has 1 heterocycles. The Bertz CT molecular complexity index is 525. The number of nitrogens with one attached hydrogen (secondary N) is 1. The summed E-state index contributed by atoms with van der Waals surface area (Å²) < 4.78 is 2.89. The lowest BCUT2D eigenvalue weighted by Crippen LogP contribution is -2.12. The van der Waals surface area contributed by atoms with Crippen LogP contribution in [0.3, 0.4) is 0 Å². The van der Waals surface area contributed by atoms with Crippen LogP contribution < -0.4 is 5.32 Å². The highest BCUT2D eigenvalue weighted by Crippen LogP contribution is 2.21. The van der Waals surface area contributed by atoms with E-state index in [2.05, 4.69) is 33.3 Å². The average Bonchev–Trinajstić information content (AvgIpc) is 2.78. The highest BCUT2D eigenvalue weighted by atomic mass is 79.9. The zero-order valence-corrected chi connectivity index (χ0v) is 12.5. The van der Waals surface area contributed by atoms with Crippen molar-refractivity contribution in [3.8, 4) is 0 Å². The van der Waals surface area contributed by atoms with E-state index in [0.29, 0.717) is 6.54 Å². The third-order valence-corrected chi connectivity index (χ3v) is 3.44. The summed E-state index contributed by atoms with van der Waals surface area (Å²) in [6, 6.07) is 7.93. The molecule has 5 heteroatoms. The molecule has 0 amide bonds. The fraction of sp³-hybridized carbons (Fsp3) is 0.308. The van der Waals surface area contributed by atoms with E-state index in [9.17, 15) is 0 Å². The first-order valence-corrected chi connectivity index (χ1v) is 7.03. The molecule has 18 heavy (non-hydrogen) atoms. The van der Waals surface area contributed by atoms with Crippen LogP contribution in [0.2, 0.25) is 5.02 Å². The molecule has 0 spiro atoms. The maximum absolute atomic E-state index is 6.19. The summed E-state index contributed by atoms with van der Waals surface area (Å²) in [7, 11) is 0. The summed E-state index contributed by atoms with van der Waals surface area (Å²) in [4.78, 5) is 0. The van der Waals surface area contributed by atoms with E-state index >= 15 is 0 Å². The van der Waals surface area contributed by atoms with Crippen LogP contribution in [0, 0.1) is 0 Å². The molecule has 1 aromatic carbocycles. The molecule has 96 valence electrons.